The topological polar surface area (TPSA) is 136 Å². The molecule has 0 unspecified atom stereocenters. The molecule has 50 heavy (non-hydrogen) atoms. The molecule has 2 heterocycles. The molecule has 10 heteroatoms. The number of nitrogens with zero attached hydrogens (tertiary/aromatic N) is 6. The van der Waals surface area contributed by atoms with E-state index < -0.39 is 0 Å². The molecule has 10 nitrogen and oxygen atoms in total. The van der Waals surface area contributed by atoms with Gasteiger partial charge in [0.1, 0.15) is 23.0 Å². The van der Waals surface area contributed by atoms with E-state index in [9.17, 15) is 10.2 Å². The zero-order valence-electron chi connectivity index (χ0n) is 27.8. The number of aromatic hydroxyl groups is 2. The molecule has 2 aromatic heterocycles. The quantitative estimate of drug-likeness (QED) is 0.165. The summed E-state index contributed by atoms with van der Waals surface area (Å²) in [7, 11) is 3.23. The van der Waals surface area contributed by atoms with Crippen LogP contribution in [0.25, 0.3) is 68.3 Å². The van der Waals surface area contributed by atoms with Crippen LogP contribution in [0, 0.1) is 13.8 Å². The Morgan fingerprint density at radius 3 is 0.940 bits per heavy atom. The highest BCUT2D eigenvalue weighted by atomic mass is 16.5. The molecule has 0 spiro atoms. The Morgan fingerprint density at radius 2 is 0.660 bits per heavy atom. The summed E-state index contributed by atoms with van der Waals surface area (Å²) < 4.78 is 10.7. The summed E-state index contributed by atoms with van der Waals surface area (Å²) >= 11 is 0. The Balaban J connectivity index is 1.34. The van der Waals surface area contributed by atoms with Gasteiger partial charge in [-0.1, -0.05) is 48.5 Å². The van der Waals surface area contributed by atoms with Crippen molar-refractivity contribution >= 4 is 0 Å². The van der Waals surface area contributed by atoms with Gasteiger partial charge in [-0.25, -0.2) is 29.9 Å². The first-order valence-electron chi connectivity index (χ1n) is 15.8. The van der Waals surface area contributed by atoms with Gasteiger partial charge in [0, 0.05) is 22.3 Å². The van der Waals surface area contributed by atoms with E-state index in [0.29, 0.717) is 57.6 Å². The summed E-state index contributed by atoms with van der Waals surface area (Å²) in [6.07, 6.45) is 0. The summed E-state index contributed by atoms with van der Waals surface area (Å²) in [5.74, 6) is 4.04. The van der Waals surface area contributed by atoms with E-state index >= 15 is 0 Å². The molecule has 0 aliphatic carbocycles. The van der Waals surface area contributed by atoms with E-state index in [0.717, 1.165) is 33.4 Å². The SMILES string of the molecule is COc1ccc(-c2nc(-c3ccc(-c4nc(-c5ccc(OC)cc5)nc(-c5c(C)cccc5O)n4)cc3)nc(-c3c(C)cccc3O)n2)cc1. The van der Waals surface area contributed by atoms with Crippen LogP contribution in [0.2, 0.25) is 0 Å². The lowest BCUT2D eigenvalue weighted by Crippen LogP contribution is -2.02. The van der Waals surface area contributed by atoms with Crippen LogP contribution >= 0.6 is 0 Å². The zero-order chi connectivity index (χ0) is 34.8. The van der Waals surface area contributed by atoms with E-state index in [2.05, 4.69) is 0 Å². The second-order valence-electron chi connectivity index (χ2n) is 11.6. The van der Waals surface area contributed by atoms with Crippen LogP contribution in [0.3, 0.4) is 0 Å². The third kappa shape index (κ3) is 6.29. The summed E-state index contributed by atoms with van der Waals surface area (Å²) in [5.41, 5.74) is 5.71. The van der Waals surface area contributed by atoms with Crippen LogP contribution < -0.4 is 9.47 Å². The van der Waals surface area contributed by atoms with E-state index in [1.165, 1.54) is 0 Å². The van der Waals surface area contributed by atoms with E-state index in [1.54, 1.807) is 38.5 Å². The Bertz CT molecular complexity index is 2120. The Hall–Kier alpha value is -6.68. The Morgan fingerprint density at radius 1 is 0.380 bits per heavy atom. The number of hydrogen-bond donors (Lipinski definition) is 2. The zero-order valence-corrected chi connectivity index (χ0v) is 27.8. The largest absolute Gasteiger partial charge is 0.507 e. The molecule has 7 aromatic rings. The fourth-order valence-electron chi connectivity index (χ4n) is 5.63. The van der Waals surface area contributed by atoms with E-state index in [1.807, 2.05) is 98.8 Å². The van der Waals surface area contributed by atoms with Gasteiger partial charge in [-0.15, -0.1) is 0 Å². The van der Waals surface area contributed by atoms with E-state index in [-0.39, 0.29) is 11.5 Å². The lowest BCUT2D eigenvalue weighted by atomic mass is 10.1. The van der Waals surface area contributed by atoms with Gasteiger partial charge in [-0.05, 0) is 85.6 Å². The van der Waals surface area contributed by atoms with Crippen LogP contribution in [0.1, 0.15) is 11.1 Å². The maximum atomic E-state index is 10.8. The number of benzene rings is 5. The summed E-state index contributed by atoms with van der Waals surface area (Å²) in [4.78, 5) is 28.8. The lowest BCUT2D eigenvalue weighted by molar-refractivity contribution is 0.414. The van der Waals surface area contributed by atoms with Crippen molar-refractivity contribution in [1.82, 2.24) is 29.9 Å². The summed E-state index contributed by atoms with van der Waals surface area (Å²) in [5, 5.41) is 21.6. The standard InChI is InChI=1S/C40H32N6O4/c1-23-7-5-9-31(47)33(23)39-43-35(41-37(45-39)27-15-19-29(49-3)20-16-27)25-11-13-26(14-12-25)36-42-38(28-17-21-30(50-4)22-18-28)46-40(44-36)34-24(2)8-6-10-32(34)48/h5-22,47-48H,1-4H3. The molecule has 0 radical (unpaired) electrons. The fourth-order valence-corrected chi connectivity index (χ4v) is 5.63. The number of phenols is 2. The van der Waals surface area contributed by atoms with Gasteiger partial charge in [0.2, 0.25) is 0 Å². The van der Waals surface area contributed by atoms with Crippen molar-refractivity contribution in [3.05, 3.63) is 120 Å². The lowest BCUT2D eigenvalue weighted by Gasteiger charge is -2.12. The van der Waals surface area contributed by atoms with Crippen LogP contribution in [-0.2, 0) is 0 Å². The van der Waals surface area contributed by atoms with Crippen molar-refractivity contribution in [3.8, 4) is 91.3 Å². The van der Waals surface area contributed by atoms with Crippen molar-refractivity contribution in [2.75, 3.05) is 14.2 Å². The second kappa shape index (κ2) is 13.4. The molecule has 5 aromatic carbocycles. The van der Waals surface area contributed by atoms with Crippen molar-refractivity contribution in [2.24, 2.45) is 0 Å². The number of ether oxygens (including phenoxy) is 2. The minimum absolute atomic E-state index is 0.0798. The number of hydrogen-bond acceptors (Lipinski definition) is 10. The summed E-state index contributed by atoms with van der Waals surface area (Å²) in [6, 6.07) is 33.1. The van der Waals surface area contributed by atoms with Gasteiger partial charge in [0.05, 0.1) is 25.3 Å². The highest BCUT2D eigenvalue weighted by Gasteiger charge is 2.19. The van der Waals surface area contributed by atoms with Crippen molar-refractivity contribution in [1.29, 1.82) is 0 Å². The van der Waals surface area contributed by atoms with Gasteiger partial charge in [-0.2, -0.15) is 0 Å². The van der Waals surface area contributed by atoms with Crippen LogP contribution in [0.15, 0.2) is 109 Å². The first-order chi connectivity index (χ1) is 24.3. The van der Waals surface area contributed by atoms with Crippen molar-refractivity contribution in [3.63, 3.8) is 0 Å². The van der Waals surface area contributed by atoms with Crippen LogP contribution in [-0.4, -0.2) is 54.3 Å². The van der Waals surface area contributed by atoms with Crippen LogP contribution in [0.4, 0.5) is 0 Å². The summed E-state index contributed by atoms with van der Waals surface area (Å²) in [6.45, 7) is 3.81. The third-order valence-electron chi connectivity index (χ3n) is 8.32. The first-order valence-corrected chi connectivity index (χ1v) is 15.8. The first kappa shape index (κ1) is 31.9. The minimum Gasteiger partial charge on any atom is -0.507 e. The fraction of sp³-hybridized carbons (Fsp3) is 0.100. The maximum absolute atomic E-state index is 10.8. The molecule has 0 bridgehead atoms. The molecule has 0 amide bonds. The van der Waals surface area contributed by atoms with E-state index in [4.69, 9.17) is 39.4 Å². The molecular weight excluding hydrogens is 628 g/mol. The van der Waals surface area contributed by atoms with Gasteiger partial charge < -0.3 is 19.7 Å². The molecule has 246 valence electrons. The second-order valence-corrected chi connectivity index (χ2v) is 11.6. The Kier molecular flexibility index (Phi) is 8.57. The highest BCUT2D eigenvalue weighted by molar-refractivity contribution is 5.75. The van der Waals surface area contributed by atoms with Gasteiger partial charge in [0.25, 0.3) is 0 Å². The average molecular weight is 661 g/mol. The van der Waals surface area contributed by atoms with Crippen molar-refractivity contribution < 1.29 is 19.7 Å². The third-order valence-corrected chi connectivity index (χ3v) is 8.32. The molecular formula is C40H32N6O4. The molecule has 0 saturated carbocycles. The normalized spacial score (nSPS) is 11.0. The maximum Gasteiger partial charge on any atom is 0.168 e. The predicted molar refractivity (Wildman–Crippen MR) is 192 cm³/mol. The smallest absolute Gasteiger partial charge is 0.168 e. The number of phenolic OH excluding ortho intramolecular Hbond substituents is 2. The van der Waals surface area contributed by atoms with Crippen LogP contribution in [0.5, 0.6) is 23.0 Å². The van der Waals surface area contributed by atoms with Gasteiger partial charge in [0.15, 0.2) is 34.9 Å². The molecule has 0 saturated heterocycles. The molecule has 0 fully saturated rings. The van der Waals surface area contributed by atoms with Gasteiger partial charge >= 0.3 is 0 Å². The molecule has 0 aliphatic heterocycles. The molecule has 0 atom stereocenters. The molecule has 2 N–H and O–H groups in total. The Labute approximate surface area is 288 Å². The monoisotopic (exact) mass is 660 g/mol. The molecule has 7 rings (SSSR count). The van der Waals surface area contributed by atoms with Gasteiger partial charge in [-0.3, -0.25) is 0 Å². The predicted octanol–water partition coefficient (Wildman–Crippen LogP) is 8.10. The molecule has 0 aliphatic rings. The number of rotatable bonds is 8. The highest BCUT2D eigenvalue weighted by Crippen LogP contribution is 2.35. The minimum atomic E-state index is 0.0798. The average Bonchev–Trinajstić information content (AvgIpc) is 3.14. The number of aromatic nitrogens is 6. The number of methoxy groups -OCH3 is 2. The number of aryl methyl sites for hydroxylation is 2. The van der Waals surface area contributed by atoms with Crippen molar-refractivity contribution in [2.45, 2.75) is 13.8 Å².